The van der Waals surface area contributed by atoms with Crippen LogP contribution in [0.2, 0.25) is 0 Å². The molecular formula is C12H15N5O3. The van der Waals surface area contributed by atoms with Crippen LogP contribution < -0.4 is 5.73 Å². The molecule has 0 unspecified atom stereocenters. The average molecular weight is 277 g/mol. The fourth-order valence-electron chi connectivity index (χ4n) is 1.76. The zero-order chi connectivity index (χ0) is 14.5. The molecule has 0 saturated carbocycles. The molecule has 2 aromatic heterocycles. The van der Waals surface area contributed by atoms with Crippen LogP contribution in [0.1, 0.15) is 12.6 Å². The number of hydrogen-bond donors (Lipinski definition) is 1. The zero-order valence-electron chi connectivity index (χ0n) is 11.2. The molecule has 2 rings (SSSR count). The summed E-state index contributed by atoms with van der Waals surface area (Å²) in [5.74, 6) is -0.545. The third-order valence-electron chi connectivity index (χ3n) is 2.59. The van der Waals surface area contributed by atoms with Crippen LogP contribution in [0.25, 0.3) is 16.7 Å². The van der Waals surface area contributed by atoms with Gasteiger partial charge in [-0.15, -0.1) is 0 Å². The Morgan fingerprint density at radius 2 is 2.25 bits per heavy atom. The van der Waals surface area contributed by atoms with Crippen LogP contribution in [0.5, 0.6) is 0 Å². The Morgan fingerprint density at radius 3 is 2.90 bits per heavy atom. The molecule has 2 N–H and O–H groups in total. The van der Waals surface area contributed by atoms with E-state index in [-0.39, 0.29) is 12.2 Å². The number of fused-ring (bicyclic) bond motifs is 1. The molecule has 0 atom stereocenters. The summed E-state index contributed by atoms with van der Waals surface area (Å²) in [6.07, 6.45) is 4.06. The molecule has 0 aliphatic carbocycles. The van der Waals surface area contributed by atoms with Crippen LogP contribution in [0, 0.1) is 0 Å². The predicted octanol–water partition coefficient (Wildman–Crippen LogP) is 0.293. The molecule has 0 aromatic carbocycles. The Morgan fingerprint density at radius 1 is 1.45 bits per heavy atom. The normalized spacial score (nSPS) is 11.8. The highest BCUT2D eigenvalue weighted by Crippen LogP contribution is 2.20. The lowest BCUT2D eigenvalue weighted by molar-refractivity contribution is -0.136. The third-order valence-corrected chi connectivity index (χ3v) is 2.59. The van der Waals surface area contributed by atoms with Crippen molar-refractivity contribution >= 4 is 22.7 Å². The van der Waals surface area contributed by atoms with Crippen molar-refractivity contribution in [1.29, 1.82) is 0 Å². The van der Waals surface area contributed by atoms with E-state index in [2.05, 4.69) is 15.0 Å². The molecule has 0 amide bonds. The maximum Gasteiger partial charge on any atom is 0.341 e. The molecule has 0 aliphatic rings. The van der Waals surface area contributed by atoms with Gasteiger partial charge in [0.25, 0.3) is 0 Å². The van der Waals surface area contributed by atoms with E-state index in [1.54, 1.807) is 24.9 Å². The van der Waals surface area contributed by atoms with Gasteiger partial charge in [0, 0.05) is 13.3 Å². The summed E-state index contributed by atoms with van der Waals surface area (Å²) >= 11 is 0. The van der Waals surface area contributed by atoms with Crippen molar-refractivity contribution in [3.8, 4) is 0 Å². The number of esters is 1. The van der Waals surface area contributed by atoms with Crippen LogP contribution in [-0.4, -0.2) is 39.2 Å². The third kappa shape index (κ3) is 2.45. The summed E-state index contributed by atoms with van der Waals surface area (Å²) in [6.45, 7) is 2.27. The maximum atomic E-state index is 11.9. The average Bonchev–Trinajstić information content (AvgIpc) is 2.85. The number of nitrogens with zero attached hydrogens (tertiary/aromatic N) is 4. The lowest BCUT2D eigenvalue weighted by atomic mass is 10.2. The van der Waals surface area contributed by atoms with Gasteiger partial charge in [0.05, 0.1) is 12.9 Å². The van der Waals surface area contributed by atoms with Crippen LogP contribution in [-0.2, 0) is 21.0 Å². The molecular weight excluding hydrogens is 262 g/mol. The van der Waals surface area contributed by atoms with Crippen molar-refractivity contribution < 1.29 is 14.3 Å². The summed E-state index contributed by atoms with van der Waals surface area (Å²) in [6, 6.07) is 0. The SMILES string of the molecule is CCOC(=O)/C(=C\N)c1ncnc2c1ncn2COC. The van der Waals surface area contributed by atoms with Crippen molar-refractivity contribution in [2.24, 2.45) is 5.73 Å². The summed E-state index contributed by atoms with van der Waals surface area (Å²) in [7, 11) is 1.57. The van der Waals surface area contributed by atoms with Gasteiger partial charge in [-0.2, -0.15) is 0 Å². The van der Waals surface area contributed by atoms with Crippen LogP contribution >= 0.6 is 0 Å². The van der Waals surface area contributed by atoms with Crippen molar-refractivity contribution in [1.82, 2.24) is 19.5 Å². The number of rotatable bonds is 5. The first-order valence-corrected chi connectivity index (χ1v) is 5.97. The van der Waals surface area contributed by atoms with Gasteiger partial charge >= 0.3 is 5.97 Å². The molecule has 2 heterocycles. The number of methoxy groups -OCH3 is 1. The van der Waals surface area contributed by atoms with Gasteiger partial charge in [-0.3, -0.25) is 4.57 Å². The highest BCUT2D eigenvalue weighted by atomic mass is 16.5. The van der Waals surface area contributed by atoms with Crippen LogP contribution in [0.4, 0.5) is 0 Å². The zero-order valence-corrected chi connectivity index (χ0v) is 11.2. The highest BCUT2D eigenvalue weighted by Gasteiger charge is 2.19. The predicted molar refractivity (Wildman–Crippen MR) is 71.1 cm³/mol. The summed E-state index contributed by atoms with van der Waals surface area (Å²) in [5, 5.41) is 0. The Kier molecular flexibility index (Phi) is 4.26. The number of hydrogen-bond acceptors (Lipinski definition) is 7. The van der Waals surface area contributed by atoms with Gasteiger partial charge in [0.15, 0.2) is 5.65 Å². The first kappa shape index (κ1) is 13.9. The van der Waals surface area contributed by atoms with E-state index in [4.69, 9.17) is 15.2 Å². The summed E-state index contributed by atoms with van der Waals surface area (Å²) in [4.78, 5) is 24.3. The Labute approximate surface area is 115 Å². The van der Waals surface area contributed by atoms with Gasteiger partial charge in [0.1, 0.15) is 29.8 Å². The highest BCUT2D eigenvalue weighted by molar-refractivity contribution is 6.18. The largest absolute Gasteiger partial charge is 0.462 e. The van der Waals surface area contributed by atoms with Crippen molar-refractivity contribution in [2.45, 2.75) is 13.7 Å². The van der Waals surface area contributed by atoms with E-state index in [0.29, 0.717) is 23.6 Å². The molecule has 0 aliphatic heterocycles. The number of aromatic nitrogens is 4. The van der Waals surface area contributed by atoms with E-state index in [0.717, 1.165) is 6.20 Å². The second-order valence-electron chi connectivity index (χ2n) is 3.83. The van der Waals surface area contributed by atoms with E-state index in [1.165, 1.54) is 6.33 Å². The van der Waals surface area contributed by atoms with Gasteiger partial charge in [-0.05, 0) is 6.92 Å². The molecule has 2 aromatic rings. The number of ether oxygens (including phenoxy) is 2. The second-order valence-corrected chi connectivity index (χ2v) is 3.83. The molecule has 0 saturated heterocycles. The lowest BCUT2D eigenvalue weighted by Gasteiger charge is -2.06. The topological polar surface area (TPSA) is 105 Å². The van der Waals surface area contributed by atoms with Gasteiger partial charge < -0.3 is 15.2 Å². The Hall–Kier alpha value is -2.48. The second kappa shape index (κ2) is 6.11. The van der Waals surface area contributed by atoms with E-state index in [9.17, 15) is 4.79 Å². The fourth-order valence-corrected chi connectivity index (χ4v) is 1.76. The molecule has 8 heteroatoms. The Bertz CT molecular complexity index is 650. The van der Waals surface area contributed by atoms with Crippen molar-refractivity contribution in [3.05, 3.63) is 24.5 Å². The van der Waals surface area contributed by atoms with Gasteiger partial charge in [0.2, 0.25) is 0 Å². The minimum atomic E-state index is -0.545. The van der Waals surface area contributed by atoms with Gasteiger partial charge in [-0.1, -0.05) is 0 Å². The number of nitrogens with two attached hydrogens (primary N) is 1. The standard InChI is InChI=1S/C12H15N5O3/c1-3-20-12(18)8(4-13)9-10-11(15-5-14-9)17(6-16-10)7-19-2/h4-6H,3,7,13H2,1-2H3/b8-4-. The number of carbonyl (C=O) groups is 1. The number of imidazole rings is 1. The lowest BCUT2D eigenvalue weighted by Crippen LogP contribution is -2.10. The first-order chi connectivity index (χ1) is 9.72. The van der Waals surface area contributed by atoms with Gasteiger partial charge in [-0.25, -0.2) is 19.7 Å². The summed E-state index contributed by atoms with van der Waals surface area (Å²) in [5.41, 5.74) is 7.03. The van der Waals surface area contributed by atoms with E-state index in [1.807, 2.05) is 0 Å². The van der Waals surface area contributed by atoms with E-state index < -0.39 is 5.97 Å². The molecule has 0 spiro atoms. The molecule has 8 nitrogen and oxygen atoms in total. The minimum Gasteiger partial charge on any atom is -0.462 e. The maximum absolute atomic E-state index is 11.9. The number of carbonyl (C=O) groups excluding carboxylic acids is 1. The monoisotopic (exact) mass is 277 g/mol. The minimum absolute atomic E-state index is 0.155. The Balaban J connectivity index is 2.51. The molecule has 0 fully saturated rings. The first-order valence-electron chi connectivity index (χ1n) is 5.97. The fraction of sp³-hybridized carbons (Fsp3) is 0.333. The van der Waals surface area contributed by atoms with Crippen molar-refractivity contribution in [3.63, 3.8) is 0 Å². The summed E-state index contributed by atoms with van der Waals surface area (Å²) < 4.78 is 11.7. The van der Waals surface area contributed by atoms with Crippen LogP contribution in [0.15, 0.2) is 18.9 Å². The quantitative estimate of drug-likeness (QED) is 0.618. The van der Waals surface area contributed by atoms with E-state index >= 15 is 0 Å². The molecule has 106 valence electrons. The molecule has 0 radical (unpaired) electrons. The smallest absolute Gasteiger partial charge is 0.341 e. The molecule has 20 heavy (non-hydrogen) atoms. The molecule has 0 bridgehead atoms. The van der Waals surface area contributed by atoms with Crippen molar-refractivity contribution in [2.75, 3.05) is 13.7 Å². The van der Waals surface area contributed by atoms with Crippen LogP contribution in [0.3, 0.4) is 0 Å².